The van der Waals surface area contributed by atoms with E-state index in [9.17, 15) is 0 Å². The zero-order chi connectivity index (χ0) is 28.1. The molecule has 0 saturated carbocycles. The summed E-state index contributed by atoms with van der Waals surface area (Å²) in [6.07, 6.45) is 0. The Labute approximate surface area is 245 Å². The van der Waals surface area contributed by atoms with Gasteiger partial charge in [0.1, 0.15) is 0 Å². The Morgan fingerprint density at radius 1 is 0.214 bits per heavy atom. The molecule has 0 aliphatic carbocycles. The van der Waals surface area contributed by atoms with Crippen molar-refractivity contribution in [2.75, 3.05) is 0 Å². The Kier molecular flexibility index (Phi) is 6.89. The van der Waals surface area contributed by atoms with E-state index in [0.717, 1.165) is 44.5 Å². The van der Waals surface area contributed by atoms with Gasteiger partial charge >= 0.3 is 0 Å². The van der Waals surface area contributed by atoms with Crippen LogP contribution in [0.1, 0.15) is 0 Å². The van der Waals surface area contributed by atoms with Gasteiger partial charge in [0.15, 0.2) is 17.5 Å². The maximum atomic E-state index is 5.05. The van der Waals surface area contributed by atoms with E-state index in [1.807, 2.05) is 48.5 Å². The van der Waals surface area contributed by atoms with E-state index < -0.39 is 0 Å². The Morgan fingerprint density at radius 3 is 0.905 bits per heavy atom. The van der Waals surface area contributed by atoms with E-state index >= 15 is 0 Å². The first kappa shape index (κ1) is 25.3. The molecule has 7 aromatic rings. The van der Waals surface area contributed by atoms with E-state index in [1.165, 1.54) is 5.56 Å². The van der Waals surface area contributed by atoms with Gasteiger partial charge in [-0.25, -0.2) is 15.0 Å². The topological polar surface area (TPSA) is 38.7 Å². The summed E-state index contributed by atoms with van der Waals surface area (Å²) in [5.74, 6) is 1.93. The van der Waals surface area contributed by atoms with Crippen LogP contribution in [0, 0.1) is 0 Å². The van der Waals surface area contributed by atoms with Crippen LogP contribution in [0.25, 0.3) is 67.5 Å². The van der Waals surface area contributed by atoms with Crippen molar-refractivity contribution in [1.82, 2.24) is 15.0 Å². The van der Waals surface area contributed by atoms with E-state index in [1.54, 1.807) is 0 Å². The highest BCUT2D eigenvalue weighted by Crippen LogP contribution is 2.33. The highest BCUT2D eigenvalue weighted by Gasteiger charge is 2.15. The molecule has 0 spiro atoms. The summed E-state index contributed by atoms with van der Waals surface area (Å²) in [6, 6.07) is 56.4. The summed E-state index contributed by atoms with van der Waals surface area (Å²) in [4.78, 5) is 15.0. The average molecular weight is 538 g/mol. The highest BCUT2D eigenvalue weighted by molar-refractivity contribution is 5.80. The molecule has 7 rings (SSSR count). The third-order valence-corrected chi connectivity index (χ3v) is 7.32. The van der Waals surface area contributed by atoms with E-state index in [0.29, 0.717) is 17.5 Å². The minimum absolute atomic E-state index is 0.640. The quantitative estimate of drug-likeness (QED) is 0.212. The van der Waals surface area contributed by atoms with Gasteiger partial charge in [-0.15, -0.1) is 0 Å². The van der Waals surface area contributed by atoms with E-state index in [4.69, 9.17) is 15.0 Å². The SMILES string of the molecule is c1ccc(-c2ccc(-c3nc(-c4ccccc4)nc(-c4cc(-c5ccccc5)cc(-c5ccccc5)c4)n3)cc2)cc1. The van der Waals surface area contributed by atoms with Gasteiger partial charge in [0.25, 0.3) is 0 Å². The molecule has 3 nitrogen and oxygen atoms in total. The molecular weight excluding hydrogens is 510 g/mol. The first-order chi connectivity index (χ1) is 20.8. The van der Waals surface area contributed by atoms with Gasteiger partial charge in [0, 0.05) is 16.7 Å². The number of hydrogen-bond donors (Lipinski definition) is 0. The first-order valence-corrected chi connectivity index (χ1v) is 14.0. The van der Waals surface area contributed by atoms with Crippen molar-refractivity contribution in [2.24, 2.45) is 0 Å². The van der Waals surface area contributed by atoms with Crippen LogP contribution < -0.4 is 0 Å². The van der Waals surface area contributed by atoms with Gasteiger partial charge in [-0.1, -0.05) is 146 Å². The lowest BCUT2D eigenvalue weighted by Gasteiger charge is -2.12. The van der Waals surface area contributed by atoms with Crippen molar-refractivity contribution in [2.45, 2.75) is 0 Å². The van der Waals surface area contributed by atoms with Crippen LogP contribution in [0.2, 0.25) is 0 Å². The van der Waals surface area contributed by atoms with Crippen LogP contribution >= 0.6 is 0 Å². The van der Waals surface area contributed by atoms with Crippen molar-refractivity contribution in [1.29, 1.82) is 0 Å². The molecule has 3 heteroatoms. The van der Waals surface area contributed by atoms with Crippen LogP contribution in [-0.4, -0.2) is 15.0 Å². The predicted molar refractivity (Wildman–Crippen MR) is 172 cm³/mol. The first-order valence-electron chi connectivity index (χ1n) is 14.0. The van der Waals surface area contributed by atoms with E-state index in [2.05, 4.69) is 115 Å². The smallest absolute Gasteiger partial charge is 0.164 e. The summed E-state index contributed by atoms with van der Waals surface area (Å²) < 4.78 is 0. The molecule has 0 aliphatic rings. The molecule has 0 unspecified atom stereocenters. The predicted octanol–water partition coefficient (Wildman–Crippen LogP) is 9.87. The third kappa shape index (κ3) is 5.36. The molecular formula is C39H27N3. The fourth-order valence-corrected chi connectivity index (χ4v) is 5.14. The van der Waals surface area contributed by atoms with Gasteiger partial charge < -0.3 is 0 Å². The lowest BCUT2D eigenvalue weighted by Crippen LogP contribution is -2.00. The number of aromatic nitrogens is 3. The van der Waals surface area contributed by atoms with Gasteiger partial charge in [-0.3, -0.25) is 0 Å². The summed E-state index contributed by atoms with van der Waals surface area (Å²) in [5.41, 5.74) is 9.68. The Bertz CT molecular complexity index is 1880. The van der Waals surface area contributed by atoms with Gasteiger partial charge in [-0.05, 0) is 51.6 Å². The lowest BCUT2D eigenvalue weighted by molar-refractivity contribution is 1.07. The fourth-order valence-electron chi connectivity index (χ4n) is 5.14. The molecule has 1 heterocycles. The van der Waals surface area contributed by atoms with Crippen LogP contribution in [0.15, 0.2) is 164 Å². The molecule has 0 aliphatic heterocycles. The van der Waals surface area contributed by atoms with Crippen molar-refractivity contribution < 1.29 is 0 Å². The Balaban J connectivity index is 1.39. The molecule has 0 fully saturated rings. The summed E-state index contributed by atoms with van der Waals surface area (Å²) in [5, 5.41) is 0. The summed E-state index contributed by atoms with van der Waals surface area (Å²) in [6.45, 7) is 0. The maximum absolute atomic E-state index is 5.05. The van der Waals surface area contributed by atoms with Crippen molar-refractivity contribution in [3.05, 3.63) is 164 Å². The number of benzene rings is 6. The molecule has 0 N–H and O–H groups in total. The fraction of sp³-hybridized carbons (Fsp3) is 0. The molecule has 42 heavy (non-hydrogen) atoms. The number of nitrogens with zero attached hydrogens (tertiary/aromatic N) is 3. The van der Waals surface area contributed by atoms with Crippen LogP contribution in [-0.2, 0) is 0 Å². The molecule has 6 aromatic carbocycles. The monoisotopic (exact) mass is 537 g/mol. The normalized spacial score (nSPS) is 10.9. The molecule has 0 atom stereocenters. The Hall–Kier alpha value is -5.67. The second kappa shape index (κ2) is 11.4. The molecule has 198 valence electrons. The maximum Gasteiger partial charge on any atom is 0.164 e. The van der Waals surface area contributed by atoms with Gasteiger partial charge in [-0.2, -0.15) is 0 Å². The minimum Gasteiger partial charge on any atom is -0.208 e. The van der Waals surface area contributed by atoms with Gasteiger partial charge in [0.2, 0.25) is 0 Å². The molecule has 0 saturated heterocycles. The summed E-state index contributed by atoms with van der Waals surface area (Å²) in [7, 11) is 0. The van der Waals surface area contributed by atoms with Crippen LogP contribution in [0.5, 0.6) is 0 Å². The average Bonchev–Trinajstić information content (AvgIpc) is 3.09. The van der Waals surface area contributed by atoms with Crippen molar-refractivity contribution in [3.63, 3.8) is 0 Å². The third-order valence-electron chi connectivity index (χ3n) is 7.32. The molecule has 1 aromatic heterocycles. The van der Waals surface area contributed by atoms with E-state index in [-0.39, 0.29) is 0 Å². The van der Waals surface area contributed by atoms with Gasteiger partial charge in [0.05, 0.1) is 0 Å². The zero-order valence-corrected chi connectivity index (χ0v) is 22.9. The molecule has 0 bridgehead atoms. The second-order valence-corrected chi connectivity index (χ2v) is 10.1. The minimum atomic E-state index is 0.640. The molecule has 0 radical (unpaired) electrons. The Morgan fingerprint density at radius 2 is 0.476 bits per heavy atom. The molecule has 0 amide bonds. The van der Waals surface area contributed by atoms with Crippen LogP contribution in [0.4, 0.5) is 0 Å². The number of rotatable bonds is 6. The second-order valence-electron chi connectivity index (χ2n) is 10.1. The van der Waals surface area contributed by atoms with Crippen LogP contribution in [0.3, 0.4) is 0 Å². The largest absolute Gasteiger partial charge is 0.208 e. The standard InChI is InChI=1S/C39H27N3/c1-5-13-28(14-6-1)31-21-23-33(24-22-31)38-40-37(32-19-11-4-12-20-32)41-39(42-38)36-26-34(29-15-7-2-8-16-29)25-35(27-36)30-17-9-3-10-18-30/h1-27H. The number of hydrogen-bond acceptors (Lipinski definition) is 3. The van der Waals surface area contributed by atoms with Crippen molar-refractivity contribution in [3.8, 4) is 67.5 Å². The zero-order valence-electron chi connectivity index (χ0n) is 22.9. The van der Waals surface area contributed by atoms with Crippen molar-refractivity contribution >= 4 is 0 Å². The summed E-state index contributed by atoms with van der Waals surface area (Å²) >= 11 is 0. The highest BCUT2D eigenvalue weighted by atomic mass is 15.0. The lowest BCUT2D eigenvalue weighted by atomic mass is 9.96.